The Hall–Kier alpha value is -2.02. The standard InChI is InChI=1S/C13H19N3O3S/c1-5-14-13(20)16-15-8-9-6-11(18-3)12(19-4)7-10(9)17-2/h6-8H,5H2,1-4H3,(H2,14,16,20). The molecule has 0 saturated carbocycles. The Morgan fingerprint density at radius 2 is 1.75 bits per heavy atom. The van der Waals surface area contributed by atoms with E-state index in [0.29, 0.717) is 22.4 Å². The van der Waals surface area contributed by atoms with Gasteiger partial charge >= 0.3 is 0 Å². The number of nitrogens with one attached hydrogen (secondary N) is 2. The van der Waals surface area contributed by atoms with Gasteiger partial charge in [0.25, 0.3) is 0 Å². The molecule has 0 bridgehead atoms. The molecule has 0 atom stereocenters. The Morgan fingerprint density at radius 3 is 2.30 bits per heavy atom. The van der Waals surface area contributed by atoms with Gasteiger partial charge in [-0.05, 0) is 25.2 Å². The van der Waals surface area contributed by atoms with Gasteiger partial charge in [-0.3, -0.25) is 5.43 Å². The summed E-state index contributed by atoms with van der Waals surface area (Å²) in [7, 11) is 4.72. The van der Waals surface area contributed by atoms with Crippen molar-refractivity contribution in [2.45, 2.75) is 6.92 Å². The number of hydrogen-bond acceptors (Lipinski definition) is 5. The summed E-state index contributed by atoms with van der Waals surface area (Å²) in [6.07, 6.45) is 1.60. The second-order valence-corrected chi connectivity index (χ2v) is 4.09. The predicted molar refractivity (Wildman–Crippen MR) is 83.1 cm³/mol. The Kier molecular flexibility index (Phi) is 6.58. The van der Waals surface area contributed by atoms with E-state index in [1.165, 1.54) is 0 Å². The van der Waals surface area contributed by atoms with E-state index in [9.17, 15) is 0 Å². The summed E-state index contributed by atoms with van der Waals surface area (Å²) >= 11 is 5.01. The molecule has 2 N–H and O–H groups in total. The zero-order valence-electron chi connectivity index (χ0n) is 12.0. The van der Waals surface area contributed by atoms with Crippen molar-refractivity contribution < 1.29 is 14.2 Å². The summed E-state index contributed by atoms with van der Waals surface area (Å²) in [5.41, 5.74) is 3.46. The molecule has 0 fully saturated rings. The molecule has 0 aliphatic rings. The summed E-state index contributed by atoms with van der Waals surface area (Å²) in [5.74, 6) is 1.82. The van der Waals surface area contributed by atoms with Crippen LogP contribution in [0.15, 0.2) is 17.2 Å². The van der Waals surface area contributed by atoms with Gasteiger partial charge in [0.05, 0.1) is 27.5 Å². The van der Waals surface area contributed by atoms with E-state index in [2.05, 4.69) is 15.8 Å². The summed E-state index contributed by atoms with van der Waals surface area (Å²) < 4.78 is 15.7. The second kappa shape index (κ2) is 8.21. The van der Waals surface area contributed by atoms with Crippen LogP contribution in [-0.2, 0) is 0 Å². The van der Waals surface area contributed by atoms with Crippen molar-refractivity contribution in [1.29, 1.82) is 0 Å². The maximum absolute atomic E-state index is 5.29. The van der Waals surface area contributed by atoms with Crippen LogP contribution in [0.3, 0.4) is 0 Å². The SMILES string of the molecule is CCNC(=S)NN=Cc1cc(OC)c(OC)cc1OC. The quantitative estimate of drug-likeness (QED) is 0.472. The molecule has 0 radical (unpaired) electrons. The predicted octanol–water partition coefficient (Wildman–Crippen LogP) is 1.53. The summed E-state index contributed by atoms with van der Waals surface area (Å²) in [6.45, 7) is 2.69. The van der Waals surface area contributed by atoms with E-state index < -0.39 is 0 Å². The highest BCUT2D eigenvalue weighted by molar-refractivity contribution is 7.80. The first kappa shape index (κ1) is 16.0. The van der Waals surface area contributed by atoms with E-state index in [4.69, 9.17) is 26.4 Å². The fourth-order valence-electron chi connectivity index (χ4n) is 1.51. The van der Waals surface area contributed by atoms with Gasteiger partial charge in [-0.1, -0.05) is 0 Å². The first-order valence-electron chi connectivity index (χ1n) is 6.03. The molecule has 0 aromatic heterocycles. The molecule has 110 valence electrons. The molecule has 0 aliphatic carbocycles. The first-order valence-corrected chi connectivity index (χ1v) is 6.44. The van der Waals surface area contributed by atoms with Crippen LogP contribution in [0.4, 0.5) is 0 Å². The Balaban J connectivity index is 2.93. The molecule has 0 saturated heterocycles. The highest BCUT2D eigenvalue weighted by atomic mass is 32.1. The number of hydrazone groups is 1. The highest BCUT2D eigenvalue weighted by Gasteiger charge is 2.10. The molecule has 7 heteroatoms. The molecule has 0 aliphatic heterocycles. The van der Waals surface area contributed by atoms with E-state index in [1.807, 2.05) is 6.92 Å². The van der Waals surface area contributed by atoms with Gasteiger partial charge in [-0.25, -0.2) is 0 Å². The molecule has 20 heavy (non-hydrogen) atoms. The van der Waals surface area contributed by atoms with Crippen molar-refractivity contribution in [3.8, 4) is 17.2 Å². The molecular formula is C13H19N3O3S. The smallest absolute Gasteiger partial charge is 0.186 e. The lowest BCUT2D eigenvalue weighted by atomic mass is 10.2. The third-order valence-electron chi connectivity index (χ3n) is 2.44. The average molecular weight is 297 g/mol. The van der Waals surface area contributed by atoms with Crippen molar-refractivity contribution >= 4 is 23.5 Å². The summed E-state index contributed by atoms with van der Waals surface area (Å²) in [6, 6.07) is 3.52. The largest absolute Gasteiger partial charge is 0.496 e. The Bertz CT molecular complexity index is 492. The fraction of sp³-hybridized carbons (Fsp3) is 0.385. The maximum atomic E-state index is 5.29. The first-order chi connectivity index (χ1) is 9.65. The molecule has 1 aromatic rings. The lowest BCUT2D eigenvalue weighted by molar-refractivity contribution is 0.349. The summed E-state index contributed by atoms with van der Waals surface area (Å²) in [5, 5.41) is 7.44. The van der Waals surface area contributed by atoms with Crippen molar-refractivity contribution in [3.05, 3.63) is 17.7 Å². The van der Waals surface area contributed by atoms with Crippen LogP contribution in [0.1, 0.15) is 12.5 Å². The molecule has 0 unspecified atom stereocenters. The van der Waals surface area contributed by atoms with Gasteiger partial charge in [0.2, 0.25) is 0 Å². The van der Waals surface area contributed by atoms with Crippen LogP contribution >= 0.6 is 12.2 Å². The van der Waals surface area contributed by atoms with E-state index in [0.717, 1.165) is 12.1 Å². The minimum absolute atomic E-state index is 0.461. The molecular weight excluding hydrogens is 278 g/mol. The maximum Gasteiger partial charge on any atom is 0.186 e. The Labute approximate surface area is 124 Å². The van der Waals surface area contributed by atoms with E-state index in [1.54, 1.807) is 39.7 Å². The van der Waals surface area contributed by atoms with Crippen LogP contribution in [0.5, 0.6) is 17.2 Å². The fourth-order valence-corrected chi connectivity index (χ4v) is 1.71. The van der Waals surface area contributed by atoms with Crippen LogP contribution in [0.2, 0.25) is 0 Å². The molecule has 6 nitrogen and oxygen atoms in total. The normalized spacial score (nSPS) is 10.2. The zero-order chi connectivity index (χ0) is 15.0. The van der Waals surface area contributed by atoms with Crippen LogP contribution in [0, 0.1) is 0 Å². The molecule has 0 spiro atoms. The highest BCUT2D eigenvalue weighted by Crippen LogP contribution is 2.33. The molecule has 1 rings (SSSR count). The zero-order valence-corrected chi connectivity index (χ0v) is 12.8. The van der Waals surface area contributed by atoms with Crippen LogP contribution < -0.4 is 25.0 Å². The van der Waals surface area contributed by atoms with Gasteiger partial charge in [0, 0.05) is 18.2 Å². The van der Waals surface area contributed by atoms with Crippen molar-refractivity contribution in [1.82, 2.24) is 10.7 Å². The number of ether oxygens (including phenoxy) is 3. The third-order valence-corrected chi connectivity index (χ3v) is 2.68. The van der Waals surface area contributed by atoms with Crippen molar-refractivity contribution in [3.63, 3.8) is 0 Å². The van der Waals surface area contributed by atoms with E-state index >= 15 is 0 Å². The van der Waals surface area contributed by atoms with Crippen LogP contribution in [0.25, 0.3) is 0 Å². The number of benzene rings is 1. The van der Waals surface area contributed by atoms with Gasteiger partial charge in [-0.2, -0.15) is 5.10 Å². The monoisotopic (exact) mass is 297 g/mol. The number of thiocarbonyl (C=S) groups is 1. The van der Waals surface area contributed by atoms with Gasteiger partial charge in [0.1, 0.15) is 5.75 Å². The summed E-state index contributed by atoms with van der Waals surface area (Å²) in [4.78, 5) is 0. The minimum Gasteiger partial charge on any atom is -0.496 e. The second-order valence-electron chi connectivity index (χ2n) is 3.68. The number of methoxy groups -OCH3 is 3. The molecule has 0 amide bonds. The lowest BCUT2D eigenvalue weighted by Gasteiger charge is -2.11. The molecule has 1 aromatic carbocycles. The molecule has 0 heterocycles. The lowest BCUT2D eigenvalue weighted by Crippen LogP contribution is -2.31. The van der Waals surface area contributed by atoms with Gasteiger partial charge in [-0.15, -0.1) is 0 Å². The van der Waals surface area contributed by atoms with Crippen LogP contribution in [-0.4, -0.2) is 39.2 Å². The number of nitrogens with zero attached hydrogens (tertiary/aromatic N) is 1. The third kappa shape index (κ3) is 4.27. The topological polar surface area (TPSA) is 64.1 Å². The number of rotatable bonds is 6. The van der Waals surface area contributed by atoms with Gasteiger partial charge in [0.15, 0.2) is 16.6 Å². The minimum atomic E-state index is 0.461. The van der Waals surface area contributed by atoms with Crippen molar-refractivity contribution in [2.75, 3.05) is 27.9 Å². The average Bonchev–Trinajstić information content (AvgIpc) is 2.46. The van der Waals surface area contributed by atoms with Gasteiger partial charge < -0.3 is 19.5 Å². The van der Waals surface area contributed by atoms with Crippen molar-refractivity contribution in [2.24, 2.45) is 5.10 Å². The Morgan fingerprint density at radius 1 is 1.15 bits per heavy atom. The van der Waals surface area contributed by atoms with E-state index in [-0.39, 0.29) is 0 Å². The number of hydrogen-bond donors (Lipinski definition) is 2.